The topological polar surface area (TPSA) is 85.4 Å². The van der Waals surface area contributed by atoms with E-state index in [2.05, 4.69) is 20.6 Å². The number of benzene rings is 2. The van der Waals surface area contributed by atoms with Gasteiger partial charge in [0.2, 0.25) is 6.79 Å². The number of nitrogens with one attached hydrogen (secondary N) is 2. The summed E-state index contributed by atoms with van der Waals surface area (Å²) >= 11 is 0. The van der Waals surface area contributed by atoms with Crippen LogP contribution in [0.15, 0.2) is 54.9 Å². The predicted molar refractivity (Wildman–Crippen MR) is 104 cm³/mol. The van der Waals surface area contributed by atoms with E-state index in [-0.39, 0.29) is 24.2 Å². The Kier molecular flexibility index (Phi) is 5.51. The maximum absolute atomic E-state index is 13.6. The Morgan fingerprint density at radius 2 is 1.93 bits per heavy atom. The quantitative estimate of drug-likeness (QED) is 0.641. The van der Waals surface area contributed by atoms with Gasteiger partial charge in [-0.15, -0.1) is 0 Å². The maximum Gasteiger partial charge on any atom is 0.271 e. The second kappa shape index (κ2) is 8.55. The summed E-state index contributed by atoms with van der Waals surface area (Å²) in [4.78, 5) is 20.5. The Bertz CT molecular complexity index is 1010. The van der Waals surface area contributed by atoms with Crippen LogP contribution < -0.4 is 20.1 Å². The standard InChI is InChI=1S/C21H19FN4O3/c22-16-4-2-1-3-15(16)7-8-23-21(27)17-11-26-20(12-24-17)25-10-14-5-6-18-19(9-14)29-13-28-18/h1-6,9,11-12H,7-8,10,13H2,(H,23,27)(H,25,26). The number of anilines is 1. The summed E-state index contributed by atoms with van der Waals surface area (Å²) in [5.74, 6) is 1.37. The van der Waals surface area contributed by atoms with Gasteiger partial charge in [-0.05, 0) is 35.7 Å². The molecule has 0 atom stereocenters. The summed E-state index contributed by atoms with van der Waals surface area (Å²) in [6.07, 6.45) is 3.31. The van der Waals surface area contributed by atoms with E-state index in [9.17, 15) is 9.18 Å². The highest BCUT2D eigenvalue weighted by molar-refractivity contribution is 5.92. The minimum absolute atomic E-state index is 0.201. The first-order valence-electron chi connectivity index (χ1n) is 9.15. The van der Waals surface area contributed by atoms with Gasteiger partial charge in [0, 0.05) is 13.1 Å². The fraction of sp³-hybridized carbons (Fsp3) is 0.190. The number of fused-ring (bicyclic) bond motifs is 1. The smallest absolute Gasteiger partial charge is 0.271 e. The molecule has 0 unspecified atom stereocenters. The van der Waals surface area contributed by atoms with Crippen LogP contribution >= 0.6 is 0 Å². The van der Waals surface area contributed by atoms with Gasteiger partial charge in [0.15, 0.2) is 11.5 Å². The first kappa shape index (κ1) is 18.7. The number of ether oxygens (including phenoxy) is 2. The Labute approximate surface area is 166 Å². The average molecular weight is 394 g/mol. The summed E-state index contributed by atoms with van der Waals surface area (Å²) in [7, 11) is 0. The van der Waals surface area contributed by atoms with Crippen LogP contribution in [0.25, 0.3) is 0 Å². The zero-order chi connectivity index (χ0) is 20.1. The van der Waals surface area contributed by atoms with Crippen molar-refractivity contribution in [1.82, 2.24) is 15.3 Å². The van der Waals surface area contributed by atoms with Crippen molar-refractivity contribution in [2.24, 2.45) is 0 Å². The lowest BCUT2D eigenvalue weighted by molar-refractivity contribution is 0.0948. The zero-order valence-corrected chi connectivity index (χ0v) is 15.5. The normalized spacial score (nSPS) is 11.9. The van der Waals surface area contributed by atoms with Crippen LogP contribution in [0.2, 0.25) is 0 Å². The van der Waals surface area contributed by atoms with Gasteiger partial charge in [0.25, 0.3) is 5.91 Å². The highest BCUT2D eigenvalue weighted by Gasteiger charge is 2.13. The Morgan fingerprint density at radius 3 is 2.76 bits per heavy atom. The lowest BCUT2D eigenvalue weighted by atomic mass is 10.1. The van der Waals surface area contributed by atoms with Crippen molar-refractivity contribution in [2.45, 2.75) is 13.0 Å². The summed E-state index contributed by atoms with van der Waals surface area (Å²) in [5, 5.41) is 5.87. The maximum atomic E-state index is 13.6. The zero-order valence-electron chi connectivity index (χ0n) is 15.5. The molecule has 0 saturated carbocycles. The SMILES string of the molecule is O=C(NCCc1ccccc1F)c1cnc(NCc2ccc3c(c2)OCO3)cn1. The second-order valence-electron chi connectivity index (χ2n) is 6.43. The van der Waals surface area contributed by atoms with Crippen molar-refractivity contribution in [3.05, 3.63) is 77.5 Å². The largest absolute Gasteiger partial charge is 0.454 e. The minimum atomic E-state index is -0.351. The first-order chi connectivity index (χ1) is 14.2. The third-order valence-corrected chi connectivity index (χ3v) is 4.43. The van der Waals surface area contributed by atoms with E-state index in [1.54, 1.807) is 18.2 Å². The Morgan fingerprint density at radius 1 is 1.07 bits per heavy atom. The fourth-order valence-corrected chi connectivity index (χ4v) is 2.88. The molecular formula is C21H19FN4O3. The number of carbonyl (C=O) groups is 1. The van der Waals surface area contributed by atoms with Gasteiger partial charge < -0.3 is 20.1 Å². The molecule has 0 bridgehead atoms. The van der Waals surface area contributed by atoms with Crippen LogP contribution in [0.5, 0.6) is 11.5 Å². The minimum Gasteiger partial charge on any atom is -0.454 e. The van der Waals surface area contributed by atoms with E-state index < -0.39 is 0 Å². The molecule has 7 nitrogen and oxygen atoms in total. The molecule has 1 amide bonds. The van der Waals surface area contributed by atoms with E-state index in [1.165, 1.54) is 18.5 Å². The molecule has 0 fully saturated rings. The van der Waals surface area contributed by atoms with E-state index in [0.29, 0.717) is 30.9 Å². The molecule has 1 aliphatic heterocycles. The van der Waals surface area contributed by atoms with Gasteiger partial charge in [0.05, 0.1) is 12.4 Å². The number of hydrogen-bond acceptors (Lipinski definition) is 6. The molecule has 1 aliphatic rings. The van der Waals surface area contributed by atoms with Crippen molar-refractivity contribution < 1.29 is 18.7 Å². The molecule has 2 heterocycles. The van der Waals surface area contributed by atoms with Crippen molar-refractivity contribution in [1.29, 1.82) is 0 Å². The highest BCUT2D eigenvalue weighted by Crippen LogP contribution is 2.32. The van der Waals surface area contributed by atoms with Crippen molar-refractivity contribution in [3.63, 3.8) is 0 Å². The van der Waals surface area contributed by atoms with Gasteiger partial charge in [-0.25, -0.2) is 14.4 Å². The molecule has 0 saturated heterocycles. The number of nitrogens with zero attached hydrogens (tertiary/aromatic N) is 2. The van der Waals surface area contributed by atoms with Crippen LogP contribution in [0.1, 0.15) is 21.6 Å². The Balaban J connectivity index is 1.27. The van der Waals surface area contributed by atoms with E-state index >= 15 is 0 Å². The van der Waals surface area contributed by atoms with Gasteiger partial charge >= 0.3 is 0 Å². The first-order valence-corrected chi connectivity index (χ1v) is 9.15. The van der Waals surface area contributed by atoms with Gasteiger partial charge in [-0.2, -0.15) is 0 Å². The number of carbonyl (C=O) groups excluding carboxylic acids is 1. The highest BCUT2D eigenvalue weighted by atomic mass is 19.1. The predicted octanol–water partition coefficient (Wildman–Crippen LogP) is 2.93. The molecule has 4 rings (SSSR count). The number of hydrogen-bond donors (Lipinski definition) is 2. The molecule has 0 spiro atoms. The van der Waals surface area contributed by atoms with E-state index in [1.807, 2.05) is 18.2 Å². The number of rotatable bonds is 7. The number of halogens is 1. The molecule has 8 heteroatoms. The summed E-state index contributed by atoms with van der Waals surface area (Å²) in [6.45, 7) is 1.08. The van der Waals surface area contributed by atoms with E-state index in [4.69, 9.17) is 9.47 Å². The van der Waals surface area contributed by atoms with Crippen LogP contribution in [-0.2, 0) is 13.0 Å². The van der Waals surface area contributed by atoms with E-state index in [0.717, 1.165) is 17.1 Å². The lowest BCUT2D eigenvalue weighted by Gasteiger charge is -2.08. The molecule has 148 valence electrons. The monoisotopic (exact) mass is 394 g/mol. The van der Waals surface area contributed by atoms with Crippen molar-refractivity contribution >= 4 is 11.7 Å². The molecule has 3 aromatic rings. The average Bonchev–Trinajstić information content (AvgIpc) is 3.22. The molecular weight excluding hydrogens is 375 g/mol. The number of aromatic nitrogens is 2. The third-order valence-electron chi connectivity index (χ3n) is 4.43. The molecule has 0 aliphatic carbocycles. The Hall–Kier alpha value is -3.68. The van der Waals surface area contributed by atoms with Gasteiger partial charge in [-0.3, -0.25) is 4.79 Å². The lowest BCUT2D eigenvalue weighted by Crippen LogP contribution is -2.27. The molecule has 1 aromatic heterocycles. The summed E-state index contributed by atoms with van der Waals surface area (Å²) < 4.78 is 24.2. The molecule has 29 heavy (non-hydrogen) atoms. The van der Waals surface area contributed by atoms with Crippen molar-refractivity contribution in [3.8, 4) is 11.5 Å². The summed E-state index contributed by atoms with van der Waals surface area (Å²) in [5.41, 5.74) is 1.76. The molecule has 2 N–H and O–H groups in total. The fourth-order valence-electron chi connectivity index (χ4n) is 2.88. The van der Waals surface area contributed by atoms with Crippen molar-refractivity contribution in [2.75, 3.05) is 18.7 Å². The van der Waals surface area contributed by atoms with Crippen LogP contribution in [0.3, 0.4) is 0 Å². The van der Waals surface area contributed by atoms with Crippen LogP contribution in [0, 0.1) is 5.82 Å². The van der Waals surface area contributed by atoms with Crippen LogP contribution in [-0.4, -0.2) is 29.2 Å². The van der Waals surface area contributed by atoms with Gasteiger partial charge in [0.1, 0.15) is 17.3 Å². The summed E-state index contributed by atoms with van der Waals surface area (Å²) in [6, 6.07) is 12.2. The second-order valence-corrected chi connectivity index (χ2v) is 6.43. The molecule has 2 aromatic carbocycles. The third kappa shape index (κ3) is 4.60. The van der Waals surface area contributed by atoms with Gasteiger partial charge in [-0.1, -0.05) is 24.3 Å². The number of amides is 1. The van der Waals surface area contributed by atoms with Crippen LogP contribution in [0.4, 0.5) is 10.2 Å². The molecule has 0 radical (unpaired) electrons.